The second kappa shape index (κ2) is 6.29. The number of anilines is 1. The summed E-state index contributed by atoms with van der Waals surface area (Å²) in [6.45, 7) is 2.04. The van der Waals surface area contributed by atoms with Gasteiger partial charge < -0.3 is 5.32 Å². The molecule has 17 heavy (non-hydrogen) atoms. The van der Waals surface area contributed by atoms with Gasteiger partial charge in [0.05, 0.1) is 5.52 Å². The van der Waals surface area contributed by atoms with Crippen LogP contribution in [0.1, 0.15) is 6.92 Å². The Bertz CT molecular complexity index is 502. The summed E-state index contributed by atoms with van der Waals surface area (Å²) in [5.41, 5.74) is 1.93. The van der Waals surface area contributed by atoms with Crippen LogP contribution in [0.15, 0.2) is 30.5 Å². The average Bonchev–Trinajstić information content (AvgIpc) is 2.28. The number of benzene rings is 1. The lowest BCUT2D eigenvalue weighted by molar-refractivity contribution is 0.909. The van der Waals surface area contributed by atoms with Crippen molar-refractivity contribution < 1.29 is 0 Å². The van der Waals surface area contributed by atoms with Gasteiger partial charge in [0.25, 0.3) is 0 Å². The van der Waals surface area contributed by atoms with Crippen LogP contribution in [0, 0.1) is 0 Å². The van der Waals surface area contributed by atoms with E-state index in [1.165, 1.54) is 0 Å². The van der Waals surface area contributed by atoms with Crippen molar-refractivity contribution in [3.05, 3.63) is 35.5 Å². The largest absolute Gasteiger partial charge is 0.381 e. The van der Waals surface area contributed by atoms with Crippen molar-refractivity contribution in [2.24, 2.45) is 0 Å². The Morgan fingerprint density at radius 2 is 2.12 bits per heavy atom. The Balaban J connectivity index is 0.00000144. The molecule has 1 aromatic heterocycles. The van der Waals surface area contributed by atoms with Crippen molar-refractivity contribution >= 4 is 52.2 Å². The van der Waals surface area contributed by atoms with Crippen molar-refractivity contribution in [3.63, 3.8) is 0 Å². The molecule has 0 radical (unpaired) electrons. The molecule has 0 unspecified atom stereocenters. The van der Waals surface area contributed by atoms with E-state index >= 15 is 0 Å². The Morgan fingerprint density at radius 3 is 2.82 bits per heavy atom. The SMILES string of the molecule is C[C@@H](CCl)Nc1ccnc2cc(Cl)ccc12.Cl. The highest BCUT2D eigenvalue weighted by Crippen LogP contribution is 2.24. The van der Waals surface area contributed by atoms with Crippen LogP contribution in [0.2, 0.25) is 5.02 Å². The van der Waals surface area contributed by atoms with Crippen LogP contribution in [-0.2, 0) is 0 Å². The monoisotopic (exact) mass is 290 g/mol. The van der Waals surface area contributed by atoms with E-state index in [9.17, 15) is 0 Å². The summed E-state index contributed by atoms with van der Waals surface area (Å²) < 4.78 is 0. The highest BCUT2D eigenvalue weighted by Gasteiger charge is 2.05. The molecule has 2 aromatic rings. The lowest BCUT2D eigenvalue weighted by atomic mass is 10.2. The van der Waals surface area contributed by atoms with Gasteiger partial charge in [0.2, 0.25) is 0 Å². The molecular weight excluding hydrogens is 279 g/mol. The first-order valence-electron chi connectivity index (χ1n) is 5.07. The predicted octanol–water partition coefficient (Wildman–Crippen LogP) is 4.35. The fourth-order valence-corrected chi connectivity index (χ4v) is 1.79. The van der Waals surface area contributed by atoms with Crippen LogP contribution in [0.25, 0.3) is 10.9 Å². The van der Waals surface area contributed by atoms with E-state index in [1.807, 2.05) is 31.2 Å². The van der Waals surface area contributed by atoms with Gasteiger partial charge in [-0.1, -0.05) is 11.6 Å². The summed E-state index contributed by atoms with van der Waals surface area (Å²) in [4.78, 5) is 4.28. The summed E-state index contributed by atoms with van der Waals surface area (Å²) in [5.74, 6) is 0.567. The molecule has 2 nitrogen and oxygen atoms in total. The predicted molar refractivity (Wildman–Crippen MR) is 77.8 cm³/mol. The lowest BCUT2D eigenvalue weighted by Gasteiger charge is -2.13. The first-order valence-corrected chi connectivity index (χ1v) is 5.98. The summed E-state index contributed by atoms with van der Waals surface area (Å²) in [6, 6.07) is 7.85. The highest BCUT2D eigenvalue weighted by atomic mass is 35.5. The number of hydrogen-bond donors (Lipinski definition) is 1. The summed E-state index contributed by atoms with van der Waals surface area (Å²) >= 11 is 11.7. The molecule has 1 atom stereocenters. The van der Waals surface area contributed by atoms with Crippen molar-refractivity contribution in [2.45, 2.75) is 13.0 Å². The fraction of sp³-hybridized carbons (Fsp3) is 0.250. The van der Waals surface area contributed by atoms with Gasteiger partial charge in [-0.05, 0) is 31.2 Å². The zero-order valence-corrected chi connectivity index (χ0v) is 11.6. The van der Waals surface area contributed by atoms with Gasteiger partial charge in [-0.2, -0.15) is 0 Å². The third-order valence-electron chi connectivity index (χ3n) is 2.34. The van der Waals surface area contributed by atoms with Gasteiger partial charge in [0.15, 0.2) is 0 Å². The normalized spacial score (nSPS) is 11.9. The summed E-state index contributed by atoms with van der Waals surface area (Å²) in [6.07, 6.45) is 1.77. The molecule has 5 heteroatoms. The van der Waals surface area contributed by atoms with E-state index in [4.69, 9.17) is 23.2 Å². The number of pyridine rings is 1. The molecule has 0 saturated heterocycles. The van der Waals surface area contributed by atoms with Crippen LogP contribution in [-0.4, -0.2) is 16.9 Å². The van der Waals surface area contributed by atoms with Crippen LogP contribution < -0.4 is 5.32 Å². The Morgan fingerprint density at radius 1 is 1.35 bits per heavy atom. The highest BCUT2D eigenvalue weighted by molar-refractivity contribution is 6.31. The summed E-state index contributed by atoms with van der Waals surface area (Å²) in [7, 11) is 0. The minimum absolute atomic E-state index is 0. The maximum Gasteiger partial charge on any atom is 0.0737 e. The molecule has 1 aromatic carbocycles. The molecule has 0 spiro atoms. The third kappa shape index (κ3) is 3.38. The van der Waals surface area contributed by atoms with Crippen molar-refractivity contribution in [1.82, 2.24) is 4.98 Å². The first kappa shape index (κ1) is 14.4. The number of nitrogens with zero attached hydrogens (tertiary/aromatic N) is 1. The average molecular weight is 292 g/mol. The second-order valence-corrected chi connectivity index (χ2v) is 4.46. The number of hydrogen-bond acceptors (Lipinski definition) is 2. The van der Waals surface area contributed by atoms with E-state index in [0.29, 0.717) is 10.9 Å². The van der Waals surface area contributed by atoms with Crippen molar-refractivity contribution in [3.8, 4) is 0 Å². The Hall–Kier alpha value is -0.700. The number of alkyl halides is 1. The van der Waals surface area contributed by atoms with E-state index in [0.717, 1.165) is 16.6 Å². The number of rotatable bonds is 3. The molecule has 0 amide bonds. The number of aromatic nitrogens is 1. The quantitative estimate of drug-likeness (QED) is 0.851. The van der Waals surface area contributed by atoms with Gasteiger partial charge in [-0.3, -0.25) is 4.98 Å². The fourth-order valence-electron chi connectivity index (χ4n) is 1.55. The van der Waals surface area contributed by atoms with Gasteiger partial charge >= 0.3 is 0 Å². The molecule has 0 aliphatic heterocycles. The van der Waals surface area contributed by atoms with E-state index in [-0.39, 0.29) is 18.4 Å². The van der Waals surface area contributed by atoms with Gasteiger partial charge in [0, 0.05) is 34.2 Å². The zero-order chi connectivity index (χ0) is 11.5. The lowest BCUT2D eigenvalue weighted by Crippen LogP contribution is -2.16. The molecule has 1 heterocycles. The second-order valence-electron chi connectivity index (χ2n) is 3.72. The minimum atomic E-state index is 0. The van der Waals surface area contributed by atoms with Crippen LogP contribution in [0.3, 0.4) is 0 Å². The third-order valence-corrected chi connectivity index (χ3v) is 3.04. The standard InChI is InChI=1S/C12H12Cl2N2.ClH/c1-8(7-13)16-11-4-5-15-12-6-9(14)2-3-10(11)12;/h2-6,8H,7H2,1H3,(H,15,16);1H/t8-;/m0./s1. The van der Waals surface area contributed by atoms with Crippen LogP contribution >= 0.6 is 35.6 Å². The van der Waals surface area contributed by atoms with Gasteiger partial charge in [-0.25, -0.2) is 0 Å². The van der Waals surface area contributed by atoms with Gasteiger partial charge in [-0.15, -0.1) is 24.0 Å². The molecule has 0 fully saturated rings. The zero-order valence-electron chi connectivity index (χ0n) is 9.28. The Labute approximate surface area is 117 Å². The molecule has 2 rings (SSSR count). The molecule has 0 saturated carbocycles. The smallest absolute Gasteiger partial charge is 0.0737 e. The first-order chi connectivity index (χ1) is 7.70. The minimum Gasteiger partial charge on any atom is -0.381 e. The van der Waals surface area contributed by atoms with E-state index < -0.39 is 0 Å². The van der Waals surface area contributed by atoms with Crippen molar-refractivity contribution in [1.29, 1.82) is 0 Å². The molecular formula is C12H13Cl3N2. The maximum atomic E-state index is 5.92. The van der Waals surface area contributed by atoms with E-state index in [2.05, 4.69) is 10.3 Å². The summed E-state index contributed by atoms with van der Waals surface area (Å²) in [5, 5.41) is 5.09. The number of fused-ring (bicyclic) bond motifs is 1. The van der Waals surface area contributed by atoms with Gasteiger partial charge in [0.1, 0.15) is 0 Å². The maximum absolute atomic E-state index is 5.92. The molecule has 0 aliphatic carbocycles. The van der Waals surface area contributed by atoms with Crippen molar-refractivity contribution in [2.75, 3.05) is 11.2 Å². The van der Waals surface area contributed by atoms with Crippen LogP contribution in [0.4, 0.5) is 5.69 Å². The molecule has 0 bridgehead atoms. The number of halogens is 3. The topological polar surface area (TPSA) is 24.9 Å². The van der Waals surface area contributed by atoms with E-state index in [1.54, 1.807) is 6.20 Å². The number of nitrogens with one attached hydrogen (secondary N) is 1. The molecule has 1 N–H and O–H groups in total. The molecule has 92 valence electrons. The Kier molecular flexibility index (Phi) is 5.31. The van der Waals surface area contributed by atoms with Crippen LogP contribution in [0.5, 0.6) is 0 Å². The molecule has 0 aliphatic rings.